The molecule has 27 heteroatoms. The van der Waals surface area contributed by atoms with Crippen LogP contribution in [0.2, 0.25) is 39.3 Å². The number of nitrogens with two attached hydrogens (primary N) is 1. The third-order valence-corrected chi connectivity index (χ3v) is 13.0. The highest BCUT2D eigenvalue weighted by Gasteiger charge is 2.57. The van der Waals surface area contributed by atoms with Gasteiger partial charge in [0.2, 0.25) is 0 Å². The molecule has 65 heavy (non-hydrogen) atoms. The van der Waals surface area contributed by atoms with Gasteiger partial charge in [0.1, 0.15) is 11.6 Å². The highest BCUT2D eigenvalue weighted by Crippen LogP contribution is 2.37. The normalized spacial score (nSPS) is 16.2. The summed E-state index contributed by atoms with van der Waals surface area (Å²) in [5, 5.41) is 10.4. The molecule has 0 spiro atoms. The summed E-state index contributed by atoms with van der Waals surface area (Å²) in [5.41, 5.74) is -3.91. The Morgan fingerprint density at radius 2 is 1.14 bits per heavy atom. The first-order valence-corrected chi connectivity index (χ1v) is 29.4. The quantitative estimate of drug-likeness (QED) is 0.0222. The van der Waals surface area contributed by atoms with Crippen LogP contribution in [0.1, 0.15) is 50.7 Å². The molecule has 0 unspecified atom stereocenters. The van der Waals surface area contributed by atoms with Crippen molar-refractivity contribution >= 4 is 59.8 Å². The molecule has 0 radical (unpaired) electrons. The maximum atomic E-state index is 11.4. The van der Waals surface area contributed by atoms with Gasteiger partial charge in [0.05, 0.1) is 57.4 Å². The maximum absolute atomic E-state index is 11.4. The second-order valence-corrected chi connectivity index (χ2v) is 28.8. The Labute approximate surface area is 377 Å². The Morgan fingerprint density at radius 3 is 1.52 bits per heavy atom. The van der Waals surface area contributed by atoms with Crippen LogP contribution in [0.15, 0.2) is 48.5 Å². The minimum absolute atomic E-state index is 0.0313. The summed E-state index contributed by atoms with van der Waals surface area (Å²) in [7, 11) is -16.3. The Hall–Kier alpha value is -3.39. The summed E-state index contributed by atoms with van der Waals surface area (Å²) in [6.45, 7) is 20.5. The topological polar surface area (TPSA) is 236 Å². The van der Waals surface area contributed by atoms with Gasteiger partial charge in [-0.25, -0.2) is 0 Å². The van der Waals surface area contributed by atoms with Gasteiger partial charge in [-0.3, -0.25) is 19.7 Å². The van der Waals surface area contributed by atoms with Crippen LogP contribution in [-0.4, -0.2) is 112 Å². The molecule has 2 aliphatic heterocycles. The number of rotatable bonds is 18. The second kappa shape index (κ2) is 25.1. The van der Waals surface area contributed by atoms with E-state index in [4.69, 9.17) is 33.5 Å². The highest BCUT2D eigenvalue weighted by molar-refractivity contribution is 8.00. The number of hydrogen-bond donors (Lipinski definition) is 1. The first-order valence-electron chi connectivity index (χ1n) is 19.8. The minimum atomic E-state index is -6.85. The lowest BCUT2D eigenvalue weighted by atomic mass is 9.98. The molecule has 0 atom stereocenters. The molecule has 2 aromatic rings. The predicted octanol–water partition coefficient (Wildman–Crippen LogP) is 7.56. The van der Waals surface area contributed by atoms with Crippen LogP contribution in [0.5, 0.6) is 0 Å². The summed E-state index contributed by atoms with van der Waals surface area (Å²) >= 11 is 0. The van der Waals surface area contributed by atoms with Crippen molar-refractivity contribution < 1.29 is 89.1 Å². The fourth-order valence-corrected chi connectivity index (χ4v) is 8.28. The lowest BCUT2D eigenvalue weighted by Crippen LogP contribution is -2.41. The van der Waals surface area contributed by atoms with Crippen molar-refractivity contribution in [3.63, 3.8) is 0 Å². The van der Waals surface area contributed by atoms with E-state index in [0.717, 1.165) is 37.3 Å². The second-order valence-electron chi connectivity index (χ2n) is 16.5. The van der Waals surface area contributed by atoms with E-state index in [-0.39, 0.29) is 30.1 Å². The van der Waals surface area contributed by atoms with Crippen molar-refractivity contribution in [2.75, 3.05) is 45.4 Å². The lowest BCUT2D eigenvalue weighted by molar-refractivity contribution is -0.384. The van der Waals surface area contributed by atoms with Crippen molar-refractivity contribution in [1.29, 1.82) is 0 Å². The number of carbonyl (C=O) groups is 2. The Bertz CT molecular complexity index is 1980. The molecule has 0 saturated carbocycles. The summed E-state index contributed by atoms with van der Waals surface area (Å²) in [6.07, 6.45) is 3.00. The zero-order chi connectivity index (χ0) is 50.1. The molecule has 2 aliphatic rings. The van der Waals surface area contributed by atoms with Gasteiger partial charge in [-0.05, 0) is 89.2 Å². The lowest BCUT2D eigenvalue weighted by Gasteiger charge is -2.34. The van der Waals surface area contributed by atoms with Crippen molar-refractivity contribution in [1.82, 2.24) is 0 Å². The van der Waals surface area contributed by atoms with Crippen LogP contribution in [0.3, 0.4) is 0 Å². The molecule has 0 aromatic heterocycles. The van der Waals surface area contributed by atoms with Crippen LogP contribution in [0.25, 0.3) is 0 Å². The molecular weight excluding hydrogens is 959 g/mol. The molecular formula is C38H58F6N2O15S2Si2. The zero-order valence-corrected chi connectivity index (χ0v) is 41.0. The molecule has 0 amide bonds. The Morgan fingerprint density at radius 1 is 0.738 bits per heavy atom. The van der Waals surface area contributed by atoms with Gasteiger partial charge >= 0.3 is 31.3 Å². The zero-order valence-electron chi connectivity index (χ0n) is 37.3. The molecule has 2 N–H and O–H groups in total. The van der Waals surface area contributed by atoms with Crippen LogP contribution >= 0.6 is 0 Å². The van der Waals surface area contributed by atoms with E-state index in [0.29, 0.717) is 39.3 Å². The van der Waals surface area contributed by atoms with Gasteiger partial charge in [-0.1, -0.05) is 24.3 Å². The van der Waals surface area contributed by atoms with Crippen molar-refractivity contribution in [3.8, 4) is 0 Å². The Balaban J connectivity index is 0.000000443. The summed E-state index contributed by atoms with van der Waals surface area (Å²) in [6, 6.07) is 14.0. The smallest absolute Gasteiger partial charge is 0.415 e. The highest BCUT2D eigenvalue weighted by atomic mass is 32.3. The number of nitro groups is 1. The predicted molar refractivity (Wildman–Crippen MR) is 230 cm³/mol. The number of Topliss-reactive ketones (excluding diaryl/α,β-unsaturated/α-hetero) is 2. The van der Waals surface area contributed by atoms with Gasteiger partial charge in [0.25, 0.3) is 5.69 Å². The molecule has 372 valence electrons. The molecule has 2 aromatic carbocycles. The third-order valence-electron chi connectivity index (χ3n) is 8.26. The standard InChI is InChI=1S/C16H23NO4.C12H13NO4.C8H22O2Si2.C2F6O5S2/c1-15(18-8-9-19-15)12-16(20-10-11-21-16)7-6-13-2-4-14(17)5-3-13;1-9(14)8-12(15)7-4-10-2-5-11(6-3-10)13(16)17;1-11(2,3)9-7-8-10-12(4,5)6;3-1(4,5)14(9,10)13-15(11,12)2(6,7)8/h2-5H,6-12,17H2,1H3;2-3,5-6H,4,7-8H2,1H3;7-8H2,1-6H3;. The fraction of sp³-hybridized carbons (Fsp3) is 0.632. The van der Waals surface area contributed by atoms with Crippen molar-refractivity contribution in [2.24, 2.45) is 0 Å². The first kappa shape index (κ1) is 59.6. The molecule has 0 bridgehead atoms. The van der Waals surface area contributed by atoms with Gasteiger partial charge in [0, 0.05) is 30.7 Å². The van der Waals surface area contributed by atoms with E-state index < -0.39 is 64.4 Å². The van der Waals surface area contributed by atoms with Crippen molar-refractivity contribution in [3.05, 3.63) is 69.8 Å². The number of aryl methyl sites for hydroxylation is 2. The number of halogens is 6. The number of nitrogens with zero attached hydrogens (tertiary/aromatic N) is 1. The number of nitro benzene ring substituents is 1. The molecule has 4 rings (SSSR count). The van der Waals surface area contributed by atoms with Gasteiger partial charge in [-0.2, -0.15) is 43.2 Å². The number of carbonyl (C=O) groups excluding carboxylic acids is 2. The van der Waals surface area contributed by atoms with E-state index in [1.165, 1.54) is 24.6 Å². The Kier molecular flexibility index (Phi) is 23.0. The first-order chi connectivity index (χ1) is 29.5. The van der Waals surface area contributed by atoms with E-state index in [9.17, 15) is 62.9 Å². The summed E-state index contributed by atoms with van der Waals surface area (Å²) < 4.78 is 145. The number of anilines is 1. The van der Waals surface area contributed by atoms with E-state index in [2.05, 4.69) is 39.3 Å². The summed E-state index contributed by atoms with van der Waals surface area (Å²) in [4.78, 5) is 31.9. The summed E-state index contributed by atoms with van der Waals surface area (Å²) in [5.74, 6) is -1.46. The van der Waals surface area contributed by atoms with Crippen LogP contribution in [-0.2, 0) is 74.1 Å². The average Bonchev–Trinajstić information content (AvgIpc) is 3.80. The number of nitrogen functional groups attached to an aromatic ring is 1. The van der Waals surface area contributed by atoms with Crippen molar-refractivity contribution in [2.45, 2.75) is 114 Å². The van der Waals surface area contributed by atoms with Crippen LogP contribution in [0, 0.1) is 10.1 Å². The monoisotopic (exact) mass is 1020 g/mol. The largest absolute Gasteiger partial charge is 0.524 e. The minimum Gasteiger partial charge on any atom is -0.415 e. The number of ketones is 2. The molecule has 17 nitrogen and oxygen atoms in total. The number of alkyl halides is 6. The molecule has 0 aliphatic carbocycles. The molecule has 2 fully saturated rings. The fourth-order valence-electron chi connectivity index (χ4n) is 5.32. The molecule has 2 heterocycles. The van der Waals surface area contributed by atoms with Gasteiger partial charge in [0.15, 0.2) is 28.2 Å². The molecule has 2 saturated heterocycles. The van der Waals surface area contributed by atoms with E-state index in [1.807, 2.05) is 34.8 Å². The maximum Gasteiger partial charge on any atom is 0.524 e. The van der Waals surface area contributed by atoms with Crippen LogP contribution < -0.4 is 5.73 Å². The van der Waals surface area contributed by atoms with Gasteiger partial charge in [-0.15, -0.1) is 3.63 Å². The van der Waals surface area contributed by atoms with E-state index >= 15 is 0 Å². The number of ether oxygens (including phenoxy) is 4. The van der Waals surface area contributed by atoms with E-state index in [1.54, 1.807) is 12.1 Å². The number of non-ortho nitro benzene ring substituents is 1. The average molecular weight is 1020 g/mol. The SMILES string of the molecule is CC(=O)CC(=O)CCc1ccc([N+](=O)[O-])cc1.CC1(CC2(CCc3ccc(N)cc3)OCCO2)OCCO1.C[Si](C)(C)OCCO[Si](C)(C)C.O=S(=O)(OS(=O)(=O)C(F)(F)F)C(F)(F)F. The number of benzene rings is 2. The van der Waals surface area contributed by atoms with Gasteiger partial charge < -0.3 is 33.5 Å². The number of hydrogen-bond acceptors (Lipinski definition) is 16. The van der Waals surface area contributed by atoms with Crippen LogP contribution in [0.4, 0.5) is 37.7 Å². The third kappa shape index (κ3) is 24.3.